The highest BCUT2D eigenvalue weighted by molar-refractivity contribution is 5.84. The number of methoxy groups -OCH3 is 1. The van der Waals surface area contributed by atoms with Crippen molar-refractivity contribution in [3.05, 3.63) is 29.8 Å². The highest BCUT2D eigenvalue weighted by atomic mass is 16.5. The van der Waals surface area contributed by atoms with Gasteiger partial charge in [0.05, 0.1) is 6.54 Å². The Kier molecular flexibility index (Phi) is 5.04. The lowest BCUT2D eigenvalue weighted by molar-refractivity contribution is -0.150. The normalized spacial score (nSPS) is 19.0. The van der Waals surface area contributed by atoms with Crippen LogP contribution in [0.25, 0.3) is 0 Å². The van der Waals surface area contributed by atoms with Crippen LogP contribution in [0, 0.1) is 0 Å². The Morgan fingerprint density at radius 2 is 1.74 bits per heavy atom. The maximum Gasteiger partial charge on any atom is 0.254 e. The number of nitrogens with zero attached hydrogens (tertiary/aromatic N) is 1. The molecule has 0 spiro atoms. The molecule has 0 bridgehead atoms. The van der Waals surface area contributed by atoms with Crippen molar-refractivity contribution >= 4 is 5.91 Å². The molecule has 1 heterocycles. The van der Waals surface area contributed by atoms with Crippen LogP contribution >= 0.6 is 0 Å². The molecule has 0 saturated carbocycles. The van der Waals surface area contributed by atoms with E-state index in [0.717, 1.165) is 18.7 Å². The van der Waals surface area contributed by atoms with Crippen molar-refractivity contribution < 1.29 is 14.3 Å². The van der Waals surface area contributed by atoms with Gasteiger partial charge in [0, 0.05) is 20.1 Å². The summed E-state index contributed by atoms with van der Waals surface area (Å²) in [5, 5.41) is 0. The van der Waals surface area contributed by atoms with Gasteiger partial charge < -0.3 is 14.4 Å². The molecule has 0 aromatic heterocycles. The molecule has 0 aliphatic carbocycles. The molecule has 1 aliphatic heterocycles. The van der Waals surface area contributed by atoms with Crippen molar-refractivity contribution in [3.63, 3.8) is 0 Å². The fourth-order valence-corrected chi connectivity index (χ4v) is 2.70. The third kappa shape index (κ3) is 4.25. The minimum Gasteiger partial charge on any atom is -0.489 e. The molecule has 0 N–H and O–H groups in total. The largest absolute Gasteiger partial charge is 0.489 e. The van der Waals surface area contributed by atoms with Gasteiger partial charge in [0.2, 0.25) is 0 Å². The zero-order chi connectivity index (χ0) is 17.3. The van der Waals surface area contributed by atoms with Crippen LogP contribution in [0.5, 0.6) is 5.75 Å². The lowest BCUT2D eigenvalue weighted by atomic mass is 9.87. The highest BCUT2D eigenvalue weighted by Crippen LogP contribution is 2.26. The monoisotopic (exact) mass is 319 g/mol. The second-order valence-electron chi connectivity index (χ2n) is 7.77. The highest BCUT2D eigenvalue weighted by Gasteiger charge is 2.36. The molecule has 1 aromatic carbocycles. The second kappa shape index (κ2) is 6.52. The summed E-state index contributed by atoms with van der Waals surface area (Å²) in [6.45, 7) is 11.5. The maximum absolute atomic E-state index is 12.4. The first-order chi connectivity index (χ1) is 10.6. The summed E-state index contributed by atoms with van der Waals surface area (Å²) >= 11 is 0. The van der Waals surface area contributed by atoms with Gasteiger partial charge in [-0.1, -0.05) is 32.9 Å². The van der Waals surface area contributed by atoms with Crippen LogP contribution in [0.1, 0.15) is 46.6 Å². The zero-order valence-corrected chi connectivity index (χ0v) is 15.2. The van der Waals surface area contributed by atoms with Crippen molar-refractivity contribution in [3.8, 4) is 5.75 Å². The number of rotatable bonds is 4. The smallest absolute Gasteiger partial charge is 0.254 e. The topological polar surface area (TPSA) is 38.8 Å². The number of hydrogen-bond donors (Lipinski definition) is 0. The summed E-state index contributed by atoms with van der Waals surface area (Å²) in [4.78, 5) is 14.2. The summed E-state index contributed by atoms with van der Waals surface area (Å²) < 4.78 is 11.3. The Morgan fingerprint density at radius 1 is 1.13 bits per heavy atom. The van der Waals surface area contributed by atoms with Gasteiger partial charge in [-0.25, -0.2) is 0 Å². The van der Waals surface area contributed by atoms with E-state index in [2.05, 4.69) is 32.9 Å². The maximum atomic E-state index is 12.4. The molecule has 128 valence electrons. The average molecular weight is 319 g/mol. The molecule has 4 heteroatoms. The van der Waals surface area contributed by atoms with E-state index >= 15 is 0 Å². The molecule has 2 rings (SSSR count). The van der Waals surface area contributed by atoms with E-state index in [-0.39, 0.29) is 17.4 Å². The Labute approximate surface area is 139 Å². The molecule has 1 atom stereocenters. The first-order valence-electron chi connectivity index (χ1n) is 8.25. The van der Waals surface area contributed by atoms with Crippen molar-refractivity contribution in [2.45, 2.75) is 58.2 Å². The van der Waals surface area contributed by atoms with Crippen LogP contribution in [-0.4, -0.2) is 42.7 Å². The standard InChI is InChI=1S/C19H29NO3/c1-18(2,3)14-7-9-15(10-8-14)23-16-11-12-20(13-16)17(21)19(4,5)22-6/h7-10,16H,11-13H2,1-6H3. The Bertz CT molecular complexity index is 543. The van der Waals surface area contributed by atoms with E-state index in [9.17, 15) is 4.79 Å². The quantitative estimate of drug-likeness (QED) is 0.854. The minimum atomic E-state index is -0.775. The van der Waals surface area contributed by atoms with E-state index in [1.165, 1.54) is 5.56 Å². The van der Waals surface area contributed by atoms with E-state index in [4.69, 9.17) is 9.47 Å². The lowest BCUT2D eigenvalue weighted by Gasteiger charge is -2.27. The molecule has 1 fully saturated rings. The SMILES string of the molecule is COC(C)(C)C(=O)N1CCC(Oc2ccc(C(C)(C)C)cc2)C1. The molecule has 1 unspecified atom stereocenters. The average Bonchev–Trinajstić information content (AvgIpc) is 2.94. The molecule has 23 heavy (non-hydrogen) atoms. The molecule has 1 aliphatic rings. The summed E-state index contributed by atoms with van der Waals surface area (Å²) in [6.07, 6.45) is 0.902. The first kappa shape index (κ1) is 17.8. The number of likely N-dealkylation sites (tertiary alicyclic amines) is 1. The van der Waals surface area contributed by atoms with Gasteiger partial charge in [0.1, 0.15) is 17.5 Å². The third-order valence-electron chi connectivity index (χ3n) is 4.48. The van der Waals surface area contributed by atoms with Crippen LogP contribution in [0.3, 0.4) is 0 Å². The molecule has 4 nitrogen and oxygen atoms in total. The Balaban J connectivity index is 1.94. The van der Waals surface area contributed by atoms with Gasteiger partial charge in [-0.3, -0.25) is 4.79 Å². The number of ether oxygens (including phenoxy) is 2. The van der Waals surface area contributed by atoms with E-state index in [0.29, 0.717) is 6.54 Å². The van der Waals surface area contributed by atoms with E-state index < -0.39 is 5.60 Å². The zero-order valence-electron chi connectivity index (χ0n) is 15.2. The van der Waals surface area contributed by atoms with Crippen LogP contribution in [0.2, 0.25) is 0 Å². The number of benzene rings is 1. The lowest BCUT2D eigenvalue weighted by Crippen LogP contribution is -2.45. The number of amides is 1. The van der Waals surface area contributed by atoms with Gasteiger partial charge in [-0.05, 0) is 37.0 Å². The number of carbonyl (C=O) groups is 1. The molecular weight excluding hydrogens is 290 g/mol. The van der Waals surface area contributed by atoms with Crippen LogP contribution in [-0.2, 0) is 14.9 Å². The van der Waals surface area contributed by atoms with Crippen molar-refractivity contribution in [1.29, 1.82) is 0 Å². The number of hydrogen-bond acceptors (Lipinski definition) is 3. The first-order valence-corrected chi connectivity index (χ1v) is 8.25. The van der Waals surface area contributed by atoms with Gasteiger partial charge >= 0.3 is 0 Å². The minimum absolute atomic E-state index is 0.0224. The molecular formula is C19H29NO3. The van der Waals surface area contributed by atoms with Crippen molar-refractivity contribution in [2.75, 3.05) is 20.2 Å². The Hall–Kier alpha value is -1.55. The predicted octanol–water partition coefficient (Wildman–Crippen LogP) is 3.39. The second-order valence-corrected chi connectivity index (χ2v) is 7.77. The predicted molar refractivity (Wildman–Crippen MR) is 91.8 cm³/mol. The van der Waals surface area contributed by atoms with Crippen molar-refractivity contribution in [2.24, 2.45) is 0 Å². The molecule has 1 saturated heterocycles. The van der Waals surface area contributed by atoms with E-state index in [1.807, 2.05) is 17.0 Å². The summed E-state index contributed by atoms with van der Waals surface area (Å²) in [5.41, 5.74) is 0.652. The number of carbonyl (C=O) groups excluding carboxylic acids is 1. The molecule has 0 radical (unpaired) electrons. The van der Waals surface area contributed by atoms with E-state index in [1.54, 1.807) is 21.0 Å². The fraction of sp³-hybridized carbons (Fsp3) is 0.632. The summed E-state index contributed by atoms with van der Waals surface area (Å²) in [6, 6.07) is 8.26. The Morgan fingerprint density at radius 3 is 2.26 bits per heavy atom. The molecule has 1 aromatic rings. The van der Waals surface area contributed by atoms with Gasteiger partial charge in [-0.2, -0.15) is 0 Å². The summed E-state index contributed by atoms with van der Waals surface area (Å²) in [7, 11) is 1.57. The van der Waals surface area contributed by atoms with Gasteiger partial charge in [0.15, 0.2) is 0 Å². The molecule has 1 amide bonds. The summed E-state index contributed by atoms with van der Waals surface area (Å²) in [5.74, 6) is 0.887. The fourth-order valence-electron chi connectivity index (χ4n) is 2.70. The van der Waals surface area contributed by atoms with Crippen LogP contribution < -0.4 is 4.74 Å². The van der Waals surface area contributed by atoms with Crippen LogP contribution in [0.4, 0.5) is 0 Å². The van der Waals surface area contributed by atoms with Gasteiger partial charge in [0.25, 0.3) is 5.91 Å². The van der Waals surface area contributed by atoms with Gasteiger partial charge in [-0.15, -0.1) is 0 Å². The van der Waals surface area contributed by atoms with Crippen LogP contribution in [0.15, 0.2) is 24.3 Å². The van der Waals surface area contributed by atoms with Crippen molar-refractivity contribution in [1.82, 2.24) is 4.90 Å². The third-order valence-corrected chi connectivity index (χ3v) is 4.48.